The van der Waals surface area contributed by atoms with E-state index >= 15 is 0 Å². The van der Waals surface area contributed by atoms with Gasteiger partial charge in [0.1, 0.15) is 0 Å². The van der Waals surface area contributed by atoms with E-state index in [-0.39, 0.29) is 12.0 Å². The fourth-order valence-corrected chi connectivity index (χ4v) is 1.68. The number of methoxy groups -OCH3 is 1. The fraction of sp³-hybridized carbons (Fsp3) is 0.462. The largest absolute Gasteiger partial charge is 0.469 e. The number of aryl methyl sites for hydroxylation is 1. The summed E-state index contributed by atoms with van der Waals surface area (Å²) in [6, 6.07) is 8.51. The number of carbonyl (C=O) groups is 1. The van der Waals surface area contributed by atoms with Crippen LogP contribution in [-0.4, -0.2) is 19.6 Å². The highest BCUT2D eigenvalue weighted by atomic mass is 16.5. The molecule has 0 aliphatic rings. The average Bonchev–Trinajstić information content (AvgIpc) is 2.29. The van der Waals surface area contributed by atoms with Crippen molar-refractivity contribution in [2.24, 2.45) is 0 Å². The first-order valence-corrected chi connectivity index (χ1v) is 5.51. The van der Waals surface area contributed by atoms with Gasteiger partial charge in [-0.2, -0.15) is 0 Å². The first kappa shape index (κ1) is 12.7. The Morgan fingerprint density at radius 3 is 2.75 bits per heavy atom. The third kappa shape index (κ3) is 3.66. The molecule has 0 aromatic heterocycles. The molecule has 1 rings (SSSR count). The van der Waals surface area contributed by atoms with Crippen molar-refractivity contribution in [3.8, 4) is 0 Å². The maximum atomic E-state index is 10.9. The van der Waals surface area contributed by atoms with Crippen LogP contribution < -0.4 is 5.32 Å². The minimum atomic E-state index is -0.176. The summed E-state index contributed by atoms with van der Waals surface area (Å²) in [5.41, 5.74) is 2.54. The van der Waals surface area contributed by atoms with E-state index in [9.17, 15) is 4.79 Å². The maximum Gasteiger partial charge on any atom is 0.306 e. The first-order chi connectivity index (χ1) is 7.65. The van der Waals surface area contributed by atoms with Gasteiger partial charge in [-0.05, 0) is 25.0 Å². The van der Waals surface area contributed by atoms with E-state index in [0.29, 0.717) is 13.0 Å². The average molecular weight is 221 g/mol. The molecule has 0 fully saturated rings. The third-order valence-corrected chi connectivity index (χ3v) is 2.66. The van der Waals surface area contributed by atoms with Gasteiger partial charge >= 0.3 is 5.97 Å². The molecule has 0 amide bonds. The minimum absolute atomic E-state index is 0.176. The molecule has 0 spiro atoms. The molecule has 0 heterocycles. The molecule has 0 bridgehead atoms. The second-order valence-electron chi connectivity index (χ2n) is 3.86. The van der Waals surface area contributed by atoms with E-state index in [1.165, 1.54) is 18.2 Å². The van der Waals surface area contributed by atoms with Gasteiger partial charge in [-0.1, -0.05) is 24.3 Å². The molecule has 0 aliphatic heterocycles. The quantitative estimate of drug-likeness (QED) is 0.775. The Morgan fingerprint density at radius 1 is 1.44 bits per heavy atom. The molecule has 3 heteroatoms. The van der Waals surface area contributed by atoms with E-state index in [0.717, 1.165) is 0 Å². The van der Waals surface area contributed by atoms with Crippen LogP contribution in [-0.2, 0) is 9.53 Å². The lowest BCUT2D eigenvalue weighted by atomic mass is 10.0. The number of hydrogen-bond donors (Lipinski definition) is 1. The van der Waals surface area contributed by atoms with Crippen LogP contribution in [0.2, 0.25) is 0 Å². The topological polar surface area (TPSA) is 38.3 Å². The molecule has 88 valence electrons. The van der Waals surface area contributed by atoms with Crippen LogP contribution in [0.3, 0.4) is 0 Å². The summed E-state index contributed by atoms with van der Waals surface area (Å²) in [7, 11) is 1.41. The molecule has 3 nitrogen and oxygen atoms in total. The highest BCUT2D eigenvalue weighted by Gasteiger charge is 2.07. The second kappa shape index (κ2) is 6.28. The Hall–Kier alpha value is -1.35. The molecule has 0 saturated heterocycles. The van der Waals surface area contributed by atoms with Crippen molar-refractivity contribution < 1.29 is 9.53 Å². The molecule has 1 atom stereocenters. The van der Waals surface area contributed by atoms with E-state index in [1.54, 1.807) is 0 Å². The van der Waals surface area contributed by atoms with Gasteiger partial charge in [-0.25, -0.2) is 0 Å². The van der Waals surface area contributed by atoms with Crippen molar-refractivity contribution in [3.63, 3.8) is 0 Å². The van der Waals surface area contributed by atoms with Crippen molar-refractivity contribution in [3.05, 3.63) is 35.4 Å². The number of ether oxygens (including phenoxy) is 1. The summed E-state index contributed by atoms with van der Waals surface area (Å²) >= 11 is 0. The molecule has 0 aliphatic carbocycles. The number of benzene rings is 1. The van der Waals surface area contributed by atoms with Gasteiger partial charge in [0.15, 0.2) is 0 Å². The maximum absolute atomic E-state index is 10.9. The van der Waals surface area contributed by atoms with Crippen molar-refractivity contribution in [2.45, 2.75) is 26.3 Å². The number of nitrogens with one attached hydrogen (secondary N) is 1. The molecular weight excluding hydrogens is 202 g/mol. The lowest BCUT2D eigenvalue weighted by Gasteiger charge is -2.15. The highest BCUT2D eigenvalue weighted by molar-refractivity contribution is 5.69. The van der Waals surface area contributed by atoms with Gasteiger partial charge in [0.05, 0.1) is 13.5 Å². The SMILES string of the molecule is COC(=O)CCN[C@H](C)c1ccccc1C. The second-order valence-corrected chi connectivity index (χ2v) is 3.86. The van der Waals surface area contributed by atoms with Crippen LogP contribution >= 0.6 is 0 Å². The minimum Gasteiger partial charge on any atom is -0.469 e. The van der Waals surface area contributed by atoms with Crippen LogP contribution in [0.1, 0.15) is 30.5 Å². The van der Waals surface area contributed by atoms with Crippen molar-refractivity contribution in [1.82, 2.24) is 5.32 Å². The Labute approximate surface area is 96.8 Å². The molecule has 16 heavy (non-hydrogen) atoms. The lowest BCUT2D eigenvalue weighted by Crippen LogP contribution is -2.22. The normalized spacial score (nSPS) is 12.2. The summed E-state index contributed by atoms with van der Waals surface area (Å²) in [5, 5.41) is 3.30. The molecular formula is C13H19NO2. The number of hydrogen-bond acceptors (Lipinski definition) is 3. The summed E-state index contributed by atoms with van der Waals surface area (Å²) in [4.78, 5) is 10.9. The Balaban J connectivity index is 2.44. The molecule has 1 aromatic rings. The summed E-state index contributed by atoms with van der Waals surface area (Å²) in [6.45, 7) is 4.83. The van der Waals surface area contributed by atoms with Gasteiger partial charge in [0.2, 0.25) is 0 Å². The van der Waals surface area contributed by atoms with E-state index in [2.05, 4.69) is 36.0 Å². The predicted octanol–water partition coefficient (Wildman–Crippen LogP) is 2.21. The fourth-order valence-electron chi connectivity index (χ4n) is 1.68. The monoisotopic (exact) mass is 221 g/mol. The summed E-state index contributed by atoms with van der Waals surface area (Å²) in [5.74, 6) is -0.176. The molecule has 1 aromatic carbocycles. The van der Waals surface area contributed by atoms with Crippen LogP contribution in [0.4, 0.5) is 0 Å². The molecule has 1 N–H and O–H groups in total. The number of esters is 1. The van der Waals surface area contributed by atoms with Gasteiger partial charge in [-0.15, -0.1) is 0 Å². The van der Waals surface area contributed by atoms with E-state index < -0.39 is 0 Å². The van der Waals surface area contributed by atoms with Gasteiger partial charge in [0.25, 0.3) is 0 Å². The Bertz CT molecular complexity index is 350. The number of carbonyl (C=O) groups excluding carboxylic acids is 1. The Kier molecular flexibility index (Phi) is 4.99. The third-order valence-electron chi connectivity index (χ3n) is 2.66. The zero-order valence-electron chi connectivity index (χ0n) is 10.1. The van der Waals surface area contributed by atoms with Crippen LogP contribution in [0.15, 0.2) is 24.3 Å². The zero-order chi connectivity index (χ0) is 12.0. The van der Waals surface area contributed by atoms with Crippen LogP contribution in [0.25, 0.3) is 0 Å². The smallest absolute Gasteiger partial charge is 0.306 e. The van der Waals surface area contributed by atoms with Gasteiger partial charge in [0, 0.05) is 12.6 Å². The zero-order valence-corrected chi connectivity index (χ0v) is 10.1. The predicted molar refractivity (Wildman–Crippen MR) is 64.2 cm³/mol. The number of rotatable bonds is 5. The van der Waals surface area contributed by atoms with Gasteiger partial charge in [-0.3, -0.25) is 4.79 Å². The van der Waals surface area contributed by atoms with Crippen molar-refractivity contribution >= 4 is 5.97 Å². The van der Waals surface area contributed by atoms with Crippen LogP contribution in [0, 0.1) is 6.92 Å². The highest BCUT2D eigenvalue weighted by Crippen LogP contribution is 2.16. The molecule has 0 radical (unpaired) electrons. The summed E-state index contributed by atoms with van der Waals surface area (Å²) < 4.78 is 4.58. The van der Waals surface area contributed by atoms with Crippen molar-refractivity contribution in [2.75, 3.05) is 13.7 Å². The first-order valence-electron chi connectivity index (χ1n) is 5.51. The Morgan fingerprint density at radius 2 is 2.12 bits per heavy atom. The molecule has 0 saturated carbocycles. The van der Waals surface area contributed by atoms with Crippen molar-refractivity contribution in [1.29, 1.82) is 0 Å². The van der Waals surface area contributed by atoms with Gasteiger partial charge < -0.3 is 10.1 Å². The molecule has 0 unspecified atom stereocenters. The van der Waals surface area contributed by atoms with Crippen LogP contribution in [0.5, 0.6) is 0 Å². The van der Waals surface area contributed by atoms with E-state index in [4.69, 9.17) is 0 Å². The lowest BCUT2D eigenvalue weighted by molar-refractivity contribution is -0.140. The van der Waals surface area contributed by atoms with E-state index in [1.807, 2.05) is 12.1 Å². The standard InChI is InChI=1S/C13H19NO2/c1-10-6-4-5-7-12(10)11(2)14-9-8-13(15)16-3/h4-7,11,14H,8-9H2,1-3H3/t11-/m1/s1. The summed E-state index contributed by atoms with van der Waals surface area (Å²) in [6.07, 6.45) is 0.409.